The normalized spacial score (nSPS) is 12.7. The summed E-state index contributed by atoms with van der Waals surface area (Å²) in [7, 11) is 2.11. The van der Waals surface area contributed by atoms with Crippen molar-refractivity contribution in [3.05, 3.63) is 53.4 Å². The number of furan rings is 1. The average Bonchev–Trinajstić information content (AvgIpc) is 3.11. The Morgan fingerprint density at radius 2 is 1.85 bits per heavy atom. The molecule has 0 atom stereocenters. The first kappa shape index (κ1) is 15.4. The number of ether oxygens (including phenoxy) is 1. The Bertz CT molecular complexity index is 1210. The van der Waals surface area contributed by atoms with E-state index in [1.54, 1.807) is 6.26 Å². The van der Waals surface area contributed by atoms with Crippen molar-refractivity contribution in [2.24, 2.45) is 7.05 Å². The van der Waals surface area contributed by atoms with E-state index in [1.165, 1.54) is 33.2 Å². The number of fused-ring (bicyclic) bond motifs is 3. The maximum Gasteiger partial charge on any atom is 0.228 e. The summed E-state index contributed by atoms with van der Waals surface area (Å²) < 4.78 is 14.5. The molecule has 2 aromatic carbocycles. The van der Waals surface area contributed by atoms with Crippen molar-refractivity contribution in [3.8, 4) is 22.8 Å². The van der Waals surface area contributed by atoms with Gasteiger partial charge in [-0.2, -0.15) is 0 Å². The van der Waals surface area contributed by atoms with Gasteiger partial charge in [-0.05, 0) is 48.4 Å². The Balaban J connectivity index is 1.99. The molecule has 3 heterocycles. The van der Waals surface area contributed by atoms with Gasteiger partial charge in [-0.3, -0.25) is 0 Å². The van der Waals surface area contributed by atoms with Crippen LogP contribution in [0, 0.1) is 13.8 Å². The molecule has 0 aliphatic carbocycles. The van der Waals surface area contributed by atoms with Crippen LogP contribution in [0.1, 0.15) is 36.5 Å². The van der Waals surface area contributed by atoms with Gasteiger partial charge in [0, 0.05) is 17.0 Å². The lowest BCUT2D eigenvalue weighted by Gasteiger charge is -2.23. The van der Waals surface area contributed by atoms with E-state index in [2.05, 4.69) is 69.8 Å². The Morgan fingerprint density at radius 3 is 2.62 bits per heavy atom. The lowest BCUT2D eigenvalue weighted by atomic mass is 9.90. The summed E-state index contributed by atoms with van der Waals surface area (Å²) in [4.78, 5) is 0. The lowest BCUT2D eigenvalue weighted by Crippen LogP contribution is -2.32. The Kier molecular flexibility index (Phi) is 3.03. The fourth-order valence-electron chi connectivity index (χ4n) is 4.22. The molecule has 0 radical (unpaired) electrons. The molecule has 4 aromatic rings. The number of benzene rings is 2. The molecule has 2 aromatic heterocycles. The third-order valence-electron chi connectivity index (χ3n) is 5.69. The van der Waals surface area contributed by atoms with Crippen LogP contribution in [-0.4, -0.2) is 0 Å². The van der Waals surface area contributed by atoms with Crippen LogP contribution in [0.15, 0.2) is 41.1 Å². The molecule has 26 heavy (non-hydrogen) atoms. The van der Waals surface area contributed by atoms with Crippen LogP contribution in [0.25, 0.3) is 33.0 Å². The largest absolute Gasteiger partial charge is 0.464 e. The number of aryl methyl sites for hydroxylation is 3. The molecule has 0 fully saturated rings. The highest BCUT2D eigenvalue weighted by molar-refractivity contribution is 6.05. The van der Waals surface area contributed by atoms with E-state index < -0.39 is 0 Å². The number of nitrogens with zero attached hydrogens (tertiary/aromatic N) is 1. The zero-order chi connectivity index (χ0) is 18.2. The molecule has 3 nitrogen and oxygen atoms in total. The summed E-state index contributed by atoms with van der Waals surface area (Å²) in [5.74, 6) is 2.31. The highest BCUT2D eigenvalue weighted by Crippen LogP contribution is 2.50. The van der Waals surface area contributed by atoms with Crippen LogP contribution in [-0.2, 0) is 7.05 Å². The van der Waals surface area contributed by atoms with Gasteiger partial charge in [0.05, 0.1) is 17.2 Å². The average molecular weight is 344 g/mol. The fraction of sp³-hybridized carbons (Fsp3) is 0.261. The predicted octanol–water partition coefficient (Wildman–Crippen LogP) is 5.92. The fourth-order valence-corrected chi connectivity index (χ4v) is 4.22. The van der Waals surface area contributed by atoms with Crippen LogP contribution in [0.2, 0.25) is 0 Å². The van der Waals surface area contributed by atoms with Gasteiger partial charge in [0.2, 0.25) is 5.69 Å². The van der Waals surface area contributed by atoms with Crippen molar-refractivity contribution in [1.29, 1.82) is 0 Å². The highest BCUT2D eigenvalue weighted by atomic mass is 16.5. The molecule has 5 rings (SSSR count). The van der Waals surface area contributed by atoms with E-state index in [9.17, 15) is 0 Å². The van der Waals surface area contributed by atoms with Gasteiger partial charge in [-0.1, -0.05) is 19.9 Å². The van der Waals surface area contributed by atoms with E-state index >= 15 is 0 Å². The molecule has 130 valence electrons. The minimum atomic E-state index is 0.452. The van der Waals surface area contributed by atoms with Crippen molar-refractivity contribution in [2.75, 3.05) is 0 Å². The van der Waals surface area contributed by atoms with Crippen LogP contribution in [0.4, 0.5) is 0 Å². The van der Waals surface area contributed by atoms with E-state index in [0.29, 0.717) is 5.92 Å². The second kappa shape index (κ2) is 5.10. The standard InChI is InChI=1S/C23H22NO2/c1-12(2)16-10-15-6-8-24(5)21-19-13(3)17-7-9-25-22(17)14(4)23(19)26-18(11-16)20(15)21/h6-12H,1-5H3/q+1. The summed E-state index contributed by atoms with van der Waals surface area (Å²) in [6.45, 7) is 8.68. The van der Waals surface area contributed by atoms with Gasteiger partial charge >= 0.3 is 0 Å². The first-order valence-corrected chi connectivity index (χ1v) is 9.12. The maximum atomic E-state index is 6.51. The van der Waals surface area contributed by atoms with Crippen LogP contribution in [0.5, 0.6) is 11.5 Å². The zero-order valence-corrected chi connectivity index (χ0v) is 15.8. The van der Waals surface area contributed by atoms with Crippen molar-refractivity contribution in [3.63, 3.8) is 0 Å². The van der Waals surface area contributed by atoms with E-state index in [1.807, 2.05) is 0 Å². The summed E-state index contributed by atoms with van der Waals surface area (Å²) in [6, 6.07) is 8.72. The van der Waals surface area contributed by atoms with E-state index in [4.69, 9.17) is 9.15 Å². The zero-order valence-electron chi connectivity index (χ0n) is 15.8. The Labute approximate surface area is 152 Å². The molecule has 1 aliphatic rings. The number of hydrogen-bond donors (Lipinski definition) is 0. The van der Waals surface area contributed by atoms with Crippen LogP contribution >= 0.6 is 0 Å². The Morgan fingerprint density at radius 1 is 1.04 bits per heavy atom. The first-order chi connectivity index (χ1) is 12.5. The van der Waals surface area contributed by atoms with Crippen molar-refractivity contribution < 1.29 is 13.7 Å². The van der Waals surface area contributed by atoms with Gasteiger partial charge in [0.15, 0.2) is 6.20 Å². The smallest absolute Gasteiger partial charge is 0.228 e. The monoisotopic (exact) mass is 344 g/mol. The molecule has 0 bridgehead atoms. The molecular formula is C23H22NO2+. The molecular weight excluding hydrogens is 322 g/mol. The SMILES string of the molecule is Cc1c2c(c(C)c3occc13)Oc1cc(C(C)C)cc3cc[n+](C)c-2c13. The minimum absolute atomic E-state index is 0.452. The van der Waals surface area contributed by atoms with Gasteiger partial charge in [-0.25, -0.2) is 4.57 Å². The van der Waals surface area contributed by atoms with Crippen molar-refractivity contribution in [2.45, 2.75) is 33.6 Å². The number of pyridine rings is 1. The highest BCUT2D eigenvalue weighted by Gasteiger charge is 2.32. The third-order valence-corrected chi connectivity index (χ3v) is 5.69. The van der Waals surface area contributed by atoms with Gasteiger partial charge in [0.25, 0.3) is 0 Å². The molecule has 0 N–H and O–H groups in total. The lowest BCUT2D eigenvalue weighted by molar-refractivity contribution is -0.659. The van der Waals surface area contributed by atoms with Gasteiger partial charge < -0.3 is 9.15 Å². The topological polar surface area (TPSA) is 26.2 Å². The minimum Gasteiger partial charge on any atom is -0.464 e. The molecule has 3 heteroatoms. The summed E-state index contributed by atoms with van der Waals surface area (Å²) in [5.41, 5.74) is 6.87. The quantitative estimate of drug-likeness (QED) is 0.353. The number of hydrogen-bond acceptors (Lipinski definition) is 2. The molecule has 0 saturated carbocycles. The molecule has 0 unspecified atom stereocenters. The van der Waals surface area contributed by atoms with E-state index in [-0.39, 0.29) is 0 Å². The summed E-state index contributed by atoms with van der Waals surface area (Å²) >= 11 is 0. The first-order valence-electron chi connectivity index (χ1n) is 9.12. The molecule has 0 spiro atoms. The Hall–Kier alpha value is -2.81. The van der Waals surface area contributed by atoms with Crippen LogP contribution in [0.3, 0.4) is 0 Å². The number of rotatable bonds is 1. The summed E-state index contributed by atoms with van der Waals surface area (Å²) in [5, 5.41) is 3.58. The number of aromatic nitrogens is 1. The second-order valence-corrected chi connectivity index (χ2v) is 7.63. The third kappa shape index (κ3) is 1.86. The second-order valence-electron chi connectivity index (χ2n) is 7.63. The van der Waals surface area contributed by atoms with Gasteiger partial charge in [-0.15, -0.1) is 0 Å². The predicted molar refractivity (Wildman–Crippen MR) is 104 cm³/mol. The summed E-state index contributed by atoms with van der Waals surface area (Å²) in [6.07, 6.45) is 3.91. The van der Waals surface area contributed by atoms with Crippen molar-refractivity contribution in [1.82, 2.24) is 0 Å². The van der Waals surface area contributed by atoms with Crippen LogP contribution < -0.4 is 9.30 Å². The van der Waals surface area contributed by atoms with E-state index in [0.717, 1.165) is 28.0 Å². The maximum absolute atomic E-state index is 6.51. The van der Waals surface area contributed by atoms with Crippen molar-refractivity contribution >= 4 is 21.7 Å². The molecule has 1 aliphatic heterocycles. The molecule has 0 saturated heterocycles. The van der Waals surface area contributed by atoms with Gasteiger partial charge in [0.1, 0.15) is 24.1 Å². The molecule has 0 amide bonds.